The highest BCUT2D eigenvalue weighted by Gasteiger charge is 2.11. The van der Waals surface area contributed by atoms with Crippen LogP contribution in [0.25, 0.3) is 0 Å². The lowest BCUT2D eigenvalue weighted by molar-refractivity contribution is -0.124. The normalized spacial score (nSPS) is 11.9. The van der Waals surface area contributed by atoms with Gasteiger partial charge in [0, 0.05) is 18.7 Å². The number of carbonyl (C=O) groups is 2. The summed E-state index contributed by atoms with van der Waals surface area (Å²) in [5, 5.41) is 14.5. The molecule has 3 N–H and O–H groups in total. The summed E-state index contributed by atoms with van der Waals surface area (Å²) < 4.78 is 0. The van der Waals surface area contributed by atoms with Crippen LogP contribution in [0.3, 0.4) is 0 Å². The molecular formula is C12H17N3O3. The van der Waals surface area contributed by atoms with Gasteiger partial charge in [-0.05, 0) is 19.2 Å². The van der Waals surface area contributed by atoms with Gasteiger partial charge >= 0.3 is 5.97 Å². The Morgan fingerprint density at radius 1 is 1.50 bits per heavy atom. The molecule has 0 aliphatic heterocycles. The van der Waals surface area contributed by atoms with Gasteiger partial charge in [-0.25, -0.2) is 4.79 Å². The molecule has 0 radical (unpaired) electrons. The van der Waals surface area contributed by atoms with Crippen molar-refractivity contribution in [2.45, 2.75) is 13.5 Å². The summed E-state index contributed by atoms with van der Waals surface area (Å²) in [6, 6.07) is 2.86. The van der Waals surface area contributed by atoms with Crippen molar-refractivity contribution in [1.82, 2.24) is 15.6 Å². The molecule has 6 nitrogen and oxygen atoms in total. The van der Waals surface area contributed by atoms with Crippen molar-refractivity contribution in [1.29, 1.82) is 0 Å². The molecule has 1 unspecified atom stereocenters. The number of rotatable bonds is 6. The van der Waals surface area contributed by atoms with Crippen LogP contribution in [0, 0.1) is 5.92 Å². The van der Waals surface area contributed by atoms with Gasteiger partial charge in [-0.1, -0.05) is 6.92 Å². The van der Waals surface area contributed by atoms with Gasteiger partial charge in [0.1, 0.15) is 0 Å². The Labute approximate surface area is 105 Å². The van der Waals surface area contributed by atoms with Crippen molar-refractivity contribution in [3.05, 3.63) is 29.6 Å². The van der Waals surface area contributed by atoms with Crippen LogP contribution >= 0.6 is 0 Å². The first kappa shape index (κ1) is 14.1. The number of amides is 1. The Balaban J connectivity index is 2.55. The zero-order valence-corrected chi connectivity index (χ0v) is 10.4. The number of aromatic carboxylic acids is 1. The zero-order chi connectivity index (χ0) is 13.5. The Bertz CT molecular complexity index is 434. The van der Waals surface area contributed by atoms with Crippen LogP contribution < -0.4 is 10.6 Å². The highest BCUT2D eigenvalue weighted by Crippen LogP contribution is 2.02. The molecule has 6 heteroatoms. The first-order valence-corrected chi connectivity index (χ1v) is 5.65. The smallest absolute Gasteiger partial charge is 0.335 e. The molecule has 18 heavy (non-hydrogen) atoms. The number of carbonyl (C=O) groups excluding carboxylic acids is 1. The van der Waals surface area contributed by atoms with E-state index in [9.17, 15) is 9.59 Å². The fraction of sp³-hybridized carbons (Fsp3) is 0.417. The van der Waals surface area contributed by atoms with Crippen molar-refractivity contribution in [3.8, 4) is 0 Å². The molecule has 1 atom stereocenters. The summed E-state index contributed by atoms with van der Waals surface area (Å²) in [5.41, 5.74) is 0.692. The molecule has 0 spiro atoms. The predicted octanol–water partition coefficient (Wildman–Crippen LogP) is 0.251. The SMILES string of the molecule is CNCC(C)C(=O)NCc1cc(C(=O)O)ccn1. The zero-order valence-electron chi connectivity index (χ0n) is 10.4. The van der Waals surface area contributed by atoms with Crippen molar-refractivity contribution in [2.24, 2.45) is 5.92 Å². The van der Waals surface area contributed by atoms with Crippen molar-refractivity contribution >= 4 is 11.9 Å². The van der Waals surface area contributed by atoms with E-state index in [-0.39, 0.29) is 23.9 Å². The Hall–Kier alpha value is -1.95. The van der Waals surface area contributed by atoms with E-state index in [4.69, 9.17) is 5.11 Å². The second-order valence-corrected chi connectivity index (χ2v) is 4.02. The Morgan fingerprint density at radius 3 is 2.83 bits per heavy atom. The molecule has 1 amide bonds. The lowest BCUT2D eigenvalue weighted by Gasteiger charge is -2.11. The second-order valence-electron chi connectivity index (χ2n) is 4.02. The first-order chi connectivity index (χ1) is 8.54. The lowest BCUT2D eigenvalue weighted by Crippen LogP contribution is -2.34. The van der Waals surface area contributed by atoms with E-state index >= 15 is 0 Å². The summed E-state index contributed by atoms with van der Waals surface area (Å²) in [6.45, 7) is 2.63. The maximum Gasteiger partial charge on any atom is 0.335 e. The summed E-state index contributed by atoms with van der Waals surface area (Å²) in [5.74, 6) is -1.24. The van der Waals surface area contributed by atoms with Gasteiger partial charge in [0.15, 0.2) is 0 Å². The fourth-order valence-corrected chi connectivity index (χ4v) is 1.46. The van der Waals surface area contributed by atoms with E-state index in [0.29, 0.717) is 12.2 Å². The maximum atomic E-state index is 11.6. The summed E-state index contributed by atoms with van der Waals surface area (Å²) in [7, 11) is 1.78. The number of carboxylic acid groups (broad SMARTS) is 1. The summed E-state index contributed by atoms with van der Waals surface area (Å²) >= 11 is 0. The van der Waals surface area contributed by atoms with Crippen LogP contribution in [0.2, 0.25) is 0 Å². The third kappa shape index (κ3) is 4.14. The van der Waals surface area contributed by atoms with Gasteiger partial charge in [0.25, 0.3) is 0 Å². The van der Waals surface area contributed by atoms with Gasteiger partial charge in [0.05, 0.1) is 17.8 Å². The molecule has 1 rings (SSSR count). The molecule has 0 fully saturated rings. The number of nitrogens with zero attached hydrogens (tertiary/aromatic N) is 1. The molecule has 0 aliphatic rings. The van der Waals surface area contributed by atoms with E-state index in [1.165, 1.54) is 18.3 Å². The minimum atomic E-state index is -1.01. The molecule has 98 valence electrons. The fourth-order valence-electron chi connectivity index (χ4n) is 1.46. The quantitative estimate of drug-likeness (QED) is 0.674. The minimum absolute atomic E-state index is 0.0909. The number of hydrogen-bond donors (Lipinski definition) is 3. The molecule has 0 saturated heterocycles. The molecule has 1 aromatic heterocycles. The van der Waals surface area contributed by atoms with Gasteiger partial charge < -0.3 is 15.7 Å². The third-order valence-electron chi connectivity index (χ3n) is 2.47. The van der Waals surface area contributed by atoms with Crippen LogP contribution in [0.5, 0.6) is 0 Å². The van der Waals surface area contributed by atoms with E-state index in [0.717, 1.165) is 0 Å². The number of carboxylic acids is 1. The summed E-state index contributed by atoms with van der Waals surface area (Å²) in [6.07, 6.45) is 1.42. The monoisotopic (exact) mass is 251 g/mol. The van der Waals surface area contributed by atoms with Crippen molar-refractivity contribution < 1.29 is 14.7 Å². The van der Waals surface area contributed by atoms with Crippen LogP contribution in [-0.2, 0) is 11.3 Å². The van der Waals surface area contributed by atoms with E-state index in [2.05, 4.69) is 15.6 Å². The maximum absolute atomic E-state index is 11.6. The molecule has 0 aliphatic carbocycles. The number of aromatic nitrogens is 1. The number of nitrogens with one attached hydrogen (secondary N) is 2. The Kier molecular flexibility index (Phi) is 5.26. The van der Waals surface area contributed by atoms with Crippen LogP contribution in [0.4, 0.5) is 0 Å². The molecule has 1 heterocycles. The van der Waals surface area contributed by atoms with Gasteiger partial charge in [-0.2, -0.15) is 0 Å². The van der Waals surface area contributed by atoms with Gasteiger partial charge in [-0.15, -0.1) is 0 Å². The molecule has 0 bridgehead atoms. The average molecular weight is 251 g/mol. The van der Waals surface area contributed by atoms with Crippen LogP contribution in [-0.4, -0.2) is 35.6 Å². The third-order valence-corrected chi connectivity index (χ3v) is 2.47. The van der Waals surface area contributed by atoms with Crippen LogP contribution in [0.15, 0.2) is 18.3 Å². The summed E-state index contributed by atoms with van der Waals surface area (Å²) in [4.78, 5) is 26.4. The molecule has 1 aromatic rings. The number of hydrogen-bond acceptors (Lipinski definition) is 4. The second kappa shape index (κ2) is 6.70. The van der Waals surface area contributed by atoms with E-state index in [1.807, 2.05) is 6.92 Å². The molecular weight excluding hydrogens is 234 g/mol. The largest absolute Gasteiger partial charge is 0.478 e. The minimum Gasteiger partial charge on any atom is -0.478 e. The molecule has 0 saturated carbocycles. The van der Waals surface area contributed by atoms with E-state index in [1.54, 1.807) is 7.05 Å². The van der Waals surface area contributed by atoms with Crippen molar-refractivity contribution in [3.63, 3.8) is 0 Å². The van der Waals surface area contributed by atoms with E-state index < -0.39 is 5.97 Å². The van der Waals surface area contributed by atoms with Crippen molar-refractivity contribution in [2.75, 3.05) is 13.6 Å². The predicted molar refractivity (Wildman–Crippen MR) is 66.1 cm³/mol. The first-order valence-electron chi connectivity index (χ1n) is 5.65. The number of pyridine rings is 1. The van der Waals surface area contributed by atoms with Crippen LogP contribution in [0.1, 0.15) is 23.0 Å². The highest BCUT2D eigenvalue weighted by molar-refractivity contribution is 5.87. The average Bonchev–Trinajstić information content (AvgIpc) is 2.36. The lowest BCUT2D eigenvalue weighted by atomic mass is 10.1. The standard InChI is InChI=1S/C12H17N3O3/c1-8(6-13-2)11(16)15-7-10-5-9(12(17)18)3-4-14-10/h3-5,8,13H,6-7H2,1-2H3,(H,15,16)(H,17,18). The highest BCUT2D eigenvalue weighted by atomic mass is 16.4. The Morgan fingerprint density at radius 2 is 2.22 bits per heavy atom. The van der Waals surface area contributed by atoms with Gasteiger partial charge in [0.2, 0.25) is 5.91 Å². The van der Waals surface area contributed by atoms with Gasteiger partial charge in [-0.3, -0.25) is 9.78 Å². The molecule has 0 aromatic carbocycles. The topological polar surface area (TPSA) is 91.3 Å².